The van der Waals surface area contributed by atoms with E-state index in [0.29, 0.717) is 10.4 Å². The molecule has 11 heteroatoms. The number of anilines is 2. The van der Waals surface area contributed by atoms with Gasteiger partial charge in [0.05, 0.1) is 5.69 Å². The van der Waals surface area contributed by atoms with Gasteiger partial charge in [-0.1, -0.05) is 18.2 Å². The molecule has 0 saturated carbocycles. The highest BCUT2D eigenvalue weighted by atomic mass is 19.4. The fourth-order valence-electron chi connectivity index (χ4n) is 2.57. The van der Waals surface area contributed by atoms with Gasteiger partial charge in [-0.2, -0.15) is 13.2 Å². The molecule has 0 atom stereocenters. The van der Waals surface area contributed by atoms with Gasteiger partial charge in [0.15, 0.2) is 11.4 Å². The smallest absolute Gasteiger partial charge is 0.326 e. The Morgan fingerprint density at radius 1 is 1.03 bits per heavy atom. The van der Waals surface area contributed by atoms with Crippen LogP contribution in [0.3, 0.4) is 0 Å². The summed E-state index contributed by atoms with van der Waals surface area (Å²) in [4.78, 5) is 24.0. The summed E-state index contributed by atoms with van der Waals surface area (Å²) >= 11 is 0. The predicted octanol–water partition coefficient (Wildman–Crippen LogP) is 4.03. The van der Waals surface area contributed by atoms with Crippen LogP contribution >= 0.6 is 0 Å². The maximum absolute atomic E-state index is 13.7. The zero-order valence-electron chi connectivity index (χ0n) is 15.5. The number of alkyl halides is 3. The van der Waals surface area contributed by atoms with Gasteiger partial charge in [-0.15, -0.1) is 5.10 Å². The van der Waals surface area contributed by atoms with E-state index in [-0.39, 0.29) is 23.7 Å². The van der Waals surface area contributed by atoms with Crippen LogP contribution in [0.4, 0.5) is 28.9 Å². The monoisotopic (exact) mass is 421 g/mol. The van der Waals surface area contributed by atoms with E-state index in [2.05, 4.69) is 20.9 Å². The summed E-state index contributed by atoms with van der Waals surface area (Å²) in [5, 5.41) is 11.7. The van der Waals surface area contributed by atoms with E-state index in [0.717, 1.165) is 24.3 Å². The predicted molar refractivity (Wildman–Crippen MR) is 99.6 cm³/mol. The zero-order valence-corrected chi connectivity index (χ0v) is 15.5. The van der Waals surface area contributed by atoms with E-state index in [1.54, 1.807) is 13.0 Å². The number of carbonyl (C=O) groups is 2. The first-order valence-corrected chi connectivity index (χ1v) is 8.69. The number of carbonyl (C=O) groups excluding carboxylic acids is 2. The Balaban J connectivity index is 1.92. The molecule has 0 unspecified atom stereocenters. The normalized spacial score (nSPS) is 11.2. The molecule has 0 radical (unpaired) electrons. The lowest BCUT2D eigenvalue weighted by atomic mass is 10.2. The fourth-order valence-corrected chi connectivity index (χ4v) is 2.57. The number of hydrogen-bond acceptors (Lipinski definition) is 4. The van der Waals surface area contributed by atoms with Crippen molar-refractivity contribution in [2.45, 2.75) is 19.5 Å². The Kier molecular flexibility index (Phi) is 5.81. The molecule has 7 nitrogen and oxygen atoms in total. The van der Waals surface area contributed by atoms with Crippen molar-refractivity contribution in [2.75, 3.05) is 10.6 Å². The van der Waals surface area contributed by atoms with Crippen LogP contribution in [0.25, 0.3) is 5.69 Å². The number of amides is 2. The van der Waals surface area contributed by atoms with E-state index in [1.807, 2.05) is 0 Å². The largest absolute Gasteiger partial charge is 0.435 e. The van der Waals surface area contributed by atoms with Crippen molar-refractivity contribution in [3.05, 3.63) is 65.7 Å². The Morgan fingerprint density at radius 2 is 1.67 bits per heavy atom. The molecule has 156 valence electrons. The number of aromatic nitrogens is 3. The van der Waals surface area contributed by atoms with Crippen molar-refractivity contribution in [3.8, 4) is 5.69 Å². The minimum Gasteiger partial charge on any atom is -0.326 e. The maximum Gasteiger partial charge on any atom is 0.435 e. The van der Waals surface area contributed by atoms with Crippen molar-refractivity contribution in [1.29, 1.82) is 0 Å². The van der Waals surface area contributed by atoms with Gasteiger partial charge in [-0.25, -0.2) is 9.07 Å². The highest BCUT2D eigenvalue weighted by molar-refractivity contribution is 6.04. The molecule has 1 aromatic heterocycles. The van der Waals surface area contributed by atoms with Gasteiger partial charge in [0, 0.05) is 17.8 Å². The van der Waals surface area contributed by atoms with E-state index in [1.165, 1.54) is 18.2 Å². The quantitative estimate of drug-likeness (QED) is 0.609. The summed E-state index contributed by atoms with van der Waals surface area (Å²) < 4.78 is 54.5. The van der Waals surface area contributed by atoms with Crippen LogP contribution in [-0.2, 0) is 11.0 Å². The molecule has 2 N–H and O–H groups in total. The molecular formula is C19H15F4N5O2. The molecule has 2 aromatic carbocycles. The molecule has 1 heterocycles. The molecule has 2 amide bonds. The van der Waals surface area contributed by atoms with Crippen molar-refractivity contribution in [2.24, 2.45) is 0 Å². The topological polar surface area (TPSA) is 88.9 Å². The lowest BCUT2D eigenvalue weighted by molar-refractivity contribution is -0.143. The molecule has 0 aliphatic rings. The number of hydrogen-bond donors (Lipinski definition) is 2. The van der Waals surface area contributed by atoms with Crippen molar-refractivity contribution in [1.82, 2.24) is 15.0 Å². The number of nitrogens with zero attached hydrogens (tertiary/aromatic N) is 3. The molecule has 3 rings (SSSR count). The summed E-state index contributed by atoms with van der Waals surface area (Å²) in [6.07, 6.45) is -4.72. The average molecular weight is 421 g/mol. The van der Waals surface area contributed by atoms with E-state index in [9.17, 15) is 27.2 Å². The Hall–Kier alpha value is -3.76. The highest BCUT2D eigenvalue weighted by Gasteiger charge is 2.42. The van der Waals surface area contributed by atoms with Crippen LogP contribution in [0, 0.1) is 5.82 Å². The maximum atomic E-state index is 13.7. The molecule has 0 bridgehead atoms. The SMILES string of the molecule is CCC(=O)Nc1cccc(NC(=O)c2nnn(-c3ccc(F)cc3)c2C(F)(F)F)c1. The zero-order chi connectivity index (χ0) is 21.9. The molecule has 0 fully saturated rings. The average Bonchev–Trinajstić information content (AvgIpc) is 3.14. The van der Waals surface area contributed by atoms with Crippen LogP contribution < -0.4 is 10.6 Å². The number of benzene rings is 2. The first kappa shape index (κ1) is 21.0. The van der Waals surface area contributed by atoms with Crippen LogP contribution in [0.2, 0.25) is 0 Å². The summed E-state index contributed by atoms with van der Waals surface area (Å²) in [5.74, 6) is -2.05. The second-order valence-electron chi connectivity index (χ2n) is 6.11. The third-order valence-corrected chi connectivity index (χ3v) is 3.95. The summed E-state index contributed by atoms with van der Waals surface area (Å²) in [6, 6.07) is 10.0. The first-order valence-electron chi connectivity index (χ1n) is 8.69. The highest BCUT2D eigenvalue weighted by Crippen LogP contribution is 2.33. The van der Waals surface area contributed by atoms with Crippen LogP contribution in [0.5, 0.6) is 0 Å². The minimum absolute atomic E-state index is 0.112. The van der Waals surface area contributed by atoms with Gasteiger partial charge in [-0.3, -0.25) is 9.59 Å². The van der Waals surface area contributed by atoms with Crippen LogP contribution in [0.1, 0.15) is 29.5 Å². The molecular weight excluding hydrogens is 406 g/mol. The number of rotatable bonds is 5. The lowest BCUT2D eigenvalue weighted by Gasteiger charge is -2.12. The van der Waals surface area contributed by atoms with Gasteiger partial charge in [0.1, 0.15) is 5.82 Å². The van der Waals surface area contributed by atoms with E-state index in [4.69, 9.17) is 0 Å². The van der Waals surface area contributed by atoms with Gasteiger partial charge in [-0.05, 0) is 42.5 Å². The van der Waals surface area contributed by atoms with Gasteiger partial charge < -0.3 is 10.6 Å². The van der Waals surface area contributed by atoms with Crippen molar-refractivity contribution >= 4 is 23.2 Å². The molecule has 0 aliphatic heterocycles. The standard InChI is InChI=1S/C19H15F4N5O2/c1-2-15(29)24-12-4-3-5-13(10-12)25-18(30)16-17(19(21,22)23)28(27-26-16)14-8-6-11(20)7-9-14/h3-10H,2H2,1H3,(H,24,29)(H,25,30). The third-order valence-electron chi connectivity index (χ3n) is 3.95. The van der Waals surface area contributed by atoms with E-state index < -0.39 is 29.3 Å². The van der Waals surface area contributed by atoms with Gasteiger partial charge >= 0.3 is 6.18 Å². The minimum atomic E-state index is -4.96. The summed E-state index contributed by atoms with van der Waals surface area (Å²) in [7, 11) is 0. The number of nitrogens with one attached hydrogen (secondary N) is 2. The second kappa shape index (κ2) is 8.31. The molecule has 0 aliphatic carbocycles. The molecule has 0 saturated heterocycles. The molecule has 0 spiro atoms. The second-order valence-corrected chi connectivity index (χ2v) is 6.11. The van der Waals surface area contributed by atoms with Crippen LogP contribution in [-0.4, -0.2) is 26.8 Å². The van der Waals surface area contributed by atoms with Crippen molar-refractivity contribution < 1.29 is 27.2 Å². The van der Waals surface area contributed by atoms with Gasteiger partial charge in [0.25, 0.3) is 5.91 Å². The fraction of sp³-hybridized carbons (Fsp3) is 0.158. The first-order chi connectivity index (χ1) is 14.2. The van der Waals surface area contributed by atoms with Crippen molar-refractivity contribution in [3.63, 3.8) is 0 Å². The Labute approximate surface area is 167 Å². The van der Waals surface area contributed by atoms with Gasteiger partial charge in [0.2, 0.25) is 5.91 Å². The molecule has 30 heavy (non-hydrogen) atoms. The Bertz CT molecular complexity index is 1080. The lowest BCUT2D eigenvalue weighted by Crippen LogP contribution is -2.21. The third kappa shape index (κ3) is 4.62. The van der Waals surface area contributed by atoms with Crippen LogP contribution in [0.15, 0.2) is 48.5 Å². The summed E-state index contributed by atoms with van der Waals surface area (Å²) in [5.41, 5.74) is -1.94. The summed E-state index contributed by atoms with van der Waals surface area (Å²) in [6.45, 7) is 1.66. The Morgan fingerprint density at radius 3 is 2.27 bits per heavy atom. The van der Waals surface area contributed by atoms with E-state index >= 15 is 0 Å². The molecule has 3 aromatic rings. The number of halogens is 4.